The van der Waals surface area contributed by atoms with Crippen LogP contribution in [0.15, 0.2) is 18.5 Å². The van der Waals surface area contributed by atoms with Gasteiger partial charge in [0.25, 0.3) is 0 Å². The minimum Gasteiger partial charge on any atom is -0.267 e. The topological polar surface area (TPSA) is 41.6 Å². The molecule has 1 heterocycles. The molecule has 1 rings (SSSR count). The molecule has 0 aliphatic rings. The second-order valence-electron chi connectivity index (χ2n) is 4.15. The molecule has 0 radical (unpaired) electrons. The summed E-state index contributed by atoms with van der Waals surface area (Å²) in [6.45, 7) is 6.30. The highest BCUT2D eigenvalue weighted by Gasteiger charge is 2.12. The molecule has 3 heteroatoms. The lowest BCUT2D eigenvalue weighted by molar-refractivity contribution is 0.355. The van der Waals surface area contributed by atoms with Crippen molar-refractivity contribution in [3.63, 3.8) is 0 Å². The van der Waals surface area contributed by atoms with Gasteiger partial charge in [-0.3, -0.25) is 4.68 Å². The maximum atomic E-state index is 8.36. The van der Waals surface area contributed by atoms with Crippen molar-refractivity contribution in [2.24, 2.45) is 0 Å². The zero-order valence-electron chi connectivity index (χ0n) is 8.86. The third-order valence-corrected chi connectivity index (χ3v) is 1.81. The van der Waals surface area contributed by atoms with E-state index in [0.717, 1.165) is 5.56 Å². The van der Waals surface area contributed by atoms with Crippen molar-refractivity contribution in [1.29, 1.82) is 5.26 Å². The summed E-state index contributed by atoms with van der Waals surface area (Å²) in [7, 11) is 0. The van der Waals surface area contributed by atoms with Crippen LogP contribution in [0.4, 0.5) is 0 Å². The Morgan fingerprint density at radius 3 is 2.79 bits per heavy atom. The number of allylic oxidation sites excluding steroid dienone is 1. The SMILES string of the molecule is CC(C)(C)n1cc(C=CCC#N)cn1. The highest BCUT2D eigenvalue weighted by Crippen LogP contribution is 2.13. The van der Waals surface area contributed by atoms with Gasteiger partial charge in [0.2, 0.25) is 0 Å². The van der Waals surface area contributed by atoms with Crippen molar-refractivity contribution >= 4 is 6.08 Å². The molecule has 0 aliphatic carbocycles. The summed E-state index contributed by atoms with van der Waals surface area (Å²) >= 11 is 0. The van der Waals surface area contributed by atoms with Crippen LogP contribution in [0.3, 0.4) is 0 Å². The van der Waals surface area contributed by atoms with Gasteiger partial charge in [0, 0.05) is 11.8 Å². The van der Waals surface area contributed by atoms with Gasteiger partial charge in [-0.05, 0) is 20.8 Å². The van der Waals surface area contributed by atoms with Crippen LogP contribution in [0.2, 0.25) is 0 Å². The fourth-order valence-corrected chi connectivity index (χ4v) is 1.04. The maximum Gasteiger partial charge on any atom is 0.0663 e. The molecule has 74 valence electrons. The summed E-state index contributed by atoms with van der Waals surface area (Å²) in [4.78, 5) is 0. The summed E-state index contributed by atoms with van der Waals surface area (Å²) in [5, 5.41) is 12.6. The number of nitriles is 1. The van der Waals surface area contributed by atoms with E-state index in [-0.39, 0.29) is 5.54 Å². The minimum absolute atomic E-state index is 0.0152. The van der Waals surface area contributed by atoms with Crippen molar-refractivity contribution in [3.05, 3.63) is 24.0 Å². The Morgan fingerprint density at radius 2 is 2.29 bits per heavy atom. The molecular weight excluding hydrogens is 174 g/mol. The van der Waals surface area contributed by atoms with E-state index in [0.29, 0.717) is 6.42 Å². The summed E-state index contributed by atoms with van der Waals surface area (Å²) in [5.74, 6) is 0. The molecule has 1 aromatic heterocycles. The van der Waals surface area contributed by atoms with E-state index < -0.39 is 0 Å². The number of hydrogen-bond donors (Lipinski definition) is 0. The molecule has 0 amide bonds. The lowest BCUT2D eigenvalue weighted by Gasteiger charge is -2.18. The number of aromatic nitrogens is 2. The lowest BCUT2D eigenvalue weighted by atomic mass is 10.1. The monoisotopic (exact) mass is 189 g/mol. The van der Waals surface area contributed by atoms with Gasteiger partial charge in [0.05, 0.1) is 24.2 Å². The van der Waals surface area contributed by atoms with Gasteiger partial charge in [-0.2, -0.15) is 10.4 Å². The van der Waals surface area contributed by atoms with E-state index in [1.54, 1.807) is 6.20 Å². The molecule has 0 N–H and O–H groups in total. The van der Waals surface area contributed by atoms with Crippen LogP contribution in [0, 0.1) is 11.3 Å². The van der Waals surface area contributed by atoms with Crippen molar-refractivity contribution in [2.45, 2.75) is 32.7 Å². The Hall–Kier alpha value is -1.56. The second-order valence-corrected chi connectivity index (χ2v) is 4.15. The Morgan fingerprint density at radius 1 is 1.57 bits per heavy atom. The predicted molar refractivity (Wildman–Crippen MR) is 56.5 cm³/mol. The molecule has 0 aliphatic heterocycles. The molecule has 0 unspecified atom stereocenters. The Bertz CT molecular complexity index is 361. The van der Waals surface area contributed by atoms with Crippen molar-refractivity contribution in [1.82, 2.24) is 9.78 Å². The Kier molecular flexibility index (Phi) is 3.08. The van der Waals surface area contributed by atoms with Gasteiger partial charge in [-0.25, -0.2) is 0 Å². The Labute approximate surface area is 84.7 Å². The molecule has 0 spiro atoms. The van der Waals surface area contributed by atoms with Crippen molar-refractivity contribution in [3.8, 4) is 6.07 Å². The zero-order chi connectivity index (χ0) is 10.6. The predicted octanol–water partition coefficient (Wildman–Crippen LogP) is 2.56. The minimum atomic E-state index is 0.0152. The van der Waals surface area contributed by atoms with Crippen LogP contribution in [0.1, 0.15) is 32.8 Å². The third-order valence-electron chi connectivity index (χ3n) is 1.81. The van der Waals surface area contributed by atoms with E-state index in [1.165, 1.54) is 0 Å². The van der Waals surface area contributed by atoms with Crippen LogP contribution < -0.4 is 0 Å². The van der Waals surface area contributed by atoms with Crippen LogP contribution in [0.25, 0.3) is 6.08 Å². The van der Waals surface area contributed by atoms with E-state index >= 15 is 0 Å². The fraction of sp³-hybridized carbons (Fsp3) is 0.455. The largest absolute Gasteiger partial charge is 0.267 e. The zero-order valence-corrected chi connectivity index (χ0v) is 8.86. The van der Waals surface area contributed by atoms with Gasteiger partial charge in [0.1, 0.15) is 0 Å². The summed E-state index contributed by atoms with van der Waals surface area (Å²) in [5.41, 5.74) is 1.05. The third kappa shape index (κ3) is 2.74. The van der Waals surface area contributed by atoms with E-state index in [4.69, 9.17) is 5.26 Å². The first-order chi connectivity index (χ1) is 6.54. The van der Waals surface area contributed by atoms with Gasteiger partial charge >= 0.3 is 0 Å². The van der Waals surface area contributed by atoms with Gasteiger partial charge in [0.15, 0.2) is 0 Å². The number of hydrogen-bond acceptors (Lipinski definition) is 2. The smallest absolute Gasteiger partial charge is 0.0663 e. The summed E-state index contributed by atoms with van der Waals surface area (Å²) in [6, 6.07) is 2.06. The standard InChI is InChI=1S/C11H15N3/c1-11(2,3)14-9-10(8-13-14)6-4-5-7-12/h4,6,8-9H,5H2,1-3H3. The van der Waals surface area contributed by atoms with Crippen LogP contribution in [-0.4, -0.2) is 9.78 Å². The molecule has 3 nitrogen and oxygen atoms in total. The fourth-order valence-electron chi connectivity index (χ4n) is 1.04. The van der Waals surface area contributed by atoms with E-state index in [9.17, 15) is 0 Å². The lowest BCUT2D eigenvalue weighted by Crippen LogP contribution is -2.21. The summed E-state index contributed by atoms with van der Waals surface area (Å²) in [6.07, 6.45) is 7.98. The van der Waals surface area contributed by atoms with Gasteiger partial charge in [-0.1, -0.05) is 12.2 Å². The molecule has 1 aromatic rings. The van der Waals surface area contributed by atoms with Crippen LogP contribution in [-0.2, 0) is 5.54 Å². The molecule has 0 atom stereocenters. The molecule has 0 fully saturated rings. The van der Waals surface area contributed by atoms with Crippen LogP contribution in [0.5, 0.6) is 0 Å². The van der Waals surface area contributed by atoms with E-state index in [1.807, 2.05) is 23.0 Å². The Balaban J connectivity index is 2.75. The highest BCUT2D eigenvalue weighted by atomic mass is 15.3. The average molecular weight is 189 g/mol. The van der Waals surface area contributed by atoms with Gasteiger partial charge in [-0.15, -0.1) is 0 Å². The van der Waals surface area contributed by atoms with Crippen molar-refractivity contribution < 1.29 is 0 Å². The first-order valence-electron chi connectivity index (χ1n) is 4.62. The quantitative estimate of drug-likeness (QED) is 0.717. The van der Waals surface area contributed by atoms with Crippen LogP contribution >= 0.6 is 0 Å². The first kappa shape index (κ1) is 10.5. The first-order valence-corrected chi connectivity index (χ1v) is 4.62. The maximum absolute atomic E-state index is 8.36. The van der Waals surface area contributed by atoms with Crippen molar-refractivity contribution in [2.75, 3.05) is 0 Å². The molecular formula is C11H15N3. The number of rotatable bonds is 2. The molecule has 0 aromatic carbocycles. The molecule has 0 saturated heterocycles. The second kappa shape index (κ2) is 4.10. The molecule has 0 bridgehead atoms. The molecule has 0 saturated carbocycles. The average Bonchev–Trinajstić information content (AvgIpc) is 2.52. The number of nitrogens with zero attached hydrogens (tertiary/aromatic N) is 3. The van der Waals surface area contributed by atoms with Gasteiger partial charge < -0.3 is 0 Å². The summed E-state index contributed by atoms with van der Waals surface area (Å²) < 4.78 is 1.92. The molecule has 14 heavy (non-hydrogen) atoms. The normalized spacial score (nSPS) is 11.9. The van der Waals surface area contributed by atoms with E-state index in [2.05, 4.69) is 31.9 Å². The highest BCUT2D eigenvalue weighted by molar-refractivity contribution is 5.46.